The summed E-state index contributed by atoms with van der Waals surface area (Å²) in [4.78, 5) is 2.38. The predicted molar refractivity (Wildman–Crippen MR) is 73.0 cm³/mol. The van der Waals surface area contributed by atoms with E-state index < -0.39 is 0 Å². The molecule has 19 heavy (non-hydrogen) atoms. The van der Waals surface area contributed by atoms with E-state index in [1.54, 1.807) is 0 Å². The summed E-state index contributed by atoms with van der Waals surface area (Å²) in [6.07, 6.45) is 2.71. The molecule has 102 valence electrons. The highest BCUT2D eigenvalue weighted by Gasteiger charge is 2.14. The molecule has 0 fully saturated rings. The molecule has 0 radical (unpaired) electrons. The van der Waals surface area contributed by atoms with Gasteiger partial charge in [-0.15, -0.1) is 0 Å². The molecule has 0 amide bonds. The maximum absolute atomic E-state index is 8.52. The van der Waals surface area contributed by atoms with Crippen molar-refractivity contribution in [3.63, 3.8) is 0 Å². The standard InChI is InChI=1S/C15H20N2O2/c1-2-17(9-5-3-4-8-16)11-13-6-7-14-15(10-13)19-12-18-14/h6-7,10H,2-5,9,11-12H2,1H3. The van der Waals surface area contributed by atoms with Gasteiger partial charge >= 0.3 is 0 Å². The normalized spacial score (nSPS) is 12.7. The van der Waals surface area contributed by atoms with Crippen LogP contribution in [-0.2, 0) is 6.54 Å². The summed E-state index contributed by atoms with van der Waals surface area (Å²) < 4.78 is 10.7. The van der Waals surface area contributed by atoms with Gasteiger partial charge in [-0.1, -0.05) is 13.0 Å². The summed E-state index contributed by atoms with van der Waals surface area (Å²) in [6, 6.07) is 8.31. The van der Waals surface area contributed by atoms with Gasteiger partial charge in [0.1, 0.15) is 0 Å². The van der Waals surface area contributed by atoms with Crippen molar-refractivity contribution in [2.75, 3.05) is 19.9 Å². The Balaban J connectivity index is 1.86. The lowest BCUT2D eigenvalue weighted by atomic mass is 10.1. The predicted octanol–water partition coefficient (Wildman–Crippen LogP) is 2.93. The first-order valence-corrected chi connectivity index (χ1v) is 6.81. The third-order valence-electron chi connectivity index (χ3n) is 3.30. The highest BCUT2D eigenvalue weighted by atomic mass is 16.7. The second-order valence-electron chi connectivity index (χ2n) is 4.67. The lowest BCUT2D eigenvalue weighted by molar-refractivity contribution is 0.174. The van der Waals surface area contributed by atoms with Crippen molar-refractivity contribution in [2.45, 2.75) is 32.7 Å². The van der Waals surface area contributed by atoms with E-state index >= 15 is 0 Å². The first kappa shape index (κ1) is 13.7. The van der Waals surface area contributed by atoms with Crippen LogP contribution in [0.3, 0.4) is 0 Å². The minimum Gasteiger partial charge on any atom is -0.454 e. The second kappa shape index (κ2) is 7.01. The fourth-order valence-electron chi connectivity index (χ4n) is 2.19. The molecule has 1 heterocycles. The van der Waals surface area contributed by atoms with Crippen LogP contribution in [0.2, 0.25) is 0 Å². The van der Waals surface area contributed by atoms with Gasteiger partial charge in [0.25, 0.3) is 0 Å². The number of ether oxygens (including phenoxy) is 2. The Morgan fingerprint density at radius 3 is 2.89 bits per heavy atom. The van der Waals surface area contributed by atoms with E-state index in [2.05, 4.69) is 30.0 Å². The van der Waals surface area contributed by atoms with Crippen LogP contribution >= 0.6 is 0 Å². The lowest BCUT2D eigenvalue weighted by Crippen LogP contribution is -2.23. The van der Waals surface area contributed by atoms with Crippen molar-refractivity contribution in [1.82, 2.24) is 4.90 Å². The molecule has 4 nitrogen and oxygen atoms in total. The molecule has 1 aliphatic heterocycles. The number of nitrogens with zero attached hydrogens (tertiary/aromatic N) is 2. The van der Waals surface area contributed by atoms with Gasteiger partial charge in [-0.3, -0.25) is 4.90 Å². The van der Waals surface area contributed by atoms with Gasteiger partial charge in [0.2, 0.25) is 6.79 Å². The zero-order valence-corrected chi connectivity index (χ0v) is 11.4. The highest BCUT2D eigenvalue weighted by molar-refractivity contribution is 5.44. The average molecular weight is 260 g/mol. The molecule has 0 N–H and O–H groups in total. The fourth-order valence-corrected chi connectivity index (χ4v) is 2.19. The van der Waals surface area contributed by atoms with Crippen LogP contribution in [0.4, 0.5) is 0 Å². The van der Waals surface area contributed by atoms with Crippen molar-refractivity contribution < 1.29 is 9.47 Å². The number of nitriles is 1. The molecule has 0 aliphatic carbocycles. The number of fused-ring (bicyclic) bond motifs is 1. The zero-order valence-electron chi connectivity index (χ0n) is 11.4. The summed E-state index contributed by atoms with van der Waals surface area (Å²) >= 11 is 0. The Morgan fingerprint density at radius 1 is 1.26 bits per heavy atom. The van der Waals surface area contributed by atoms with Crippen LogP contribution in [-0.4, -0.2) is 24.8 Å². The molecule has 0 aromatic heterocycles. The van der Waals surface area contributed by atoms with Crippen LogP contribution in [0.1, 0.15) is 31.7 Å². The Kier molecular flexibility index (Phi) is 5.05. The maximum atomic E-state index is 8.52. The Hall–Kier alpha value is -1.73. The molecular weight excluding hydrogens is 240 g/mol. The Labute approximate surface area is 114 Å². The van der Waals surface area contributed by atoms with Crippen LogP contribution < -0.4 is 9.47 Å². The summed E-state index contributed by atoms with van der Waals surface area (Å²) in [5, 5.41) is 8.52. The minimum atomic E-state index is 0.324. The molecule has 0 spiro atoms. The molecule has 0 unspecified atom stereocenters. The van der Waals surface area contributed by atoms with Gasteiger partial charge < -0.3 is 9.47 Å². The van der Waals surface area contributed by atoms with Gasteiger partial charge in [-0.2, -0.15) is 5.26 Å². The topological polar surface area (TPSA) is 45.5 Å². The van der Waals surface area contributed by atoms with Crippen molar-refractivity contribution >= 4 is 0 Å². The highest BCUT2D eigenvalue weighted by Crippen LogP contribution is 2.32. The molecule has 0 saturated heterocycles. The summed E-state index contributed by atoms with van der Waals surface area (Å²) in [6.45, 7) is 5.45. The van der Waals surface area contributed by atoms with E-state index in [0.717, 1.165) is 44.0 Å². The third-order valence-corrected chi connectivity index (χ3v) is 3.30. The van der Waals surface area contributed by atoms with Crippen LogP contribution in [0, 0.1) is 11.3 Å². The van der Waals surface area contributed by atoms with Crippen LogP contribution in [0.5, 0.6) is 11.5 Å². The number of unbranched alkanes of at least 4 members (excludes halogenated alkanes) is 2. The molecule has 1 aliphatic rings. The number of rotatable bonds is 7. The molecule has 1 aromatic rings. The maximum Gasteiger partial charge on any atom is 0.231 e. The largest absolute Gasteiger partial charge is 0.454 e. The quantitative estimate of drug-likeness (QED) is 0.707. The van der Waals surface area contributed by atoms with E-state index in [1.165, 1.54) is 5.56 Å². The molecule has 0 bridgehead atoms. The second-order valence-corrected chi connectivity index (χ2v) is 4.67. The summed E-state index contributed by atoms with van der Waals surface area (Å²) in [5.41, 5.74) is 1.24. The molecular formula is C15H20N2O2. The number of hydrogen-bond acceptors (Lipinski definition) is 4. The van der Waals surface area contributed by atoms with E-state index in [4.69, 9.17) is 14.7 Å². The molecule has 1 aromatic carbocycles. The van der Waals surface area contributed by atoms with E-state index in [1.807, 2.05) is 6.07 Å². The lowest BCUT2D eigenvalue weighted by Gasteiger charge is -2.20. The number of benzene rings is 1. The van der Waals surface area contributed by atoms with Crippen molar-refractivity contribution in [3.05, 3.63) is 23.8 Å². The first-order chi connectivity index (χ1) is 9.33. The van der Waals surface area contributed by atoms with Crippen LogP contribution in [0.15, 0.2) is 18.2 Å². The van der Waals surface area contributed by atoms with Gasteiger partial charge in [0.15, 0.2) is 11.5 Å². The third kappa shape index (κ3) is 3.87. The van der Waals surface area contributed by atoms with Gasteiger partial charge in [-0.25, -0.2) is 0 Å². The van der Waals surface area contributed by atoms with E-state index in [0.29, 0.717) is 13.2 Å². The van der Waals surface area contributed by atoms with Gasteiger partial charge in [0, 0.05) is 13.0 Å². The van der Waals surface area contributed by atoms with E-state index in [-0.39, 0.29) is 0 Å². The summed E-state index contributed by atoms with van der Waals surface area (Å²) in [7, 11) is 0. The molecule has 2 rings (SSSR count). The fraction of sp³-hybridized carbons (Fsp3) is 0.533. The molecule has 0 atom stereocenters. The smallest absolute Gasteiger partial charge is 0.231 e. The first-order valence-electron chi connectivity index (χ1n) is 6.81. The van der Waals surface area contributed by atoms with Gasteiger partial charge in [0.05, 0.1) is 6.07 Å². The minimum absolute atomic E-state index is 0.324. The van der Waals surface area contributed by atoms with Crippen molar-refractivity contribution in [1.29, 1.82) is 5.26 Å². The molecule has 0 saturated carbocycles. The van der Waals surface area contributed by atoms with E-state index in [9.17, 15) is 0 Å². The average Bonchev–Trinajstić information content (AvgIpc) is 2.89. The van der Waals surface area contributed by atoms with Gasteiger partial charge in [-0.05, 0) is 43.6 Å². The number of hydrogen-bond donors (Lipinski definition) is 0. The Morgan fingerprint density at radius 2 is 2.11 bits per heavy atom. The van der Waals surface area contributed by atoms with Crippen molar-refractivity contribution in [2.24, 2.45) is 0 Å². The molecule has 4 heteroatoms. The summed E-state index contributed by atoms with van der Waals surface area (Å²) in [5.74, 6) is 1.68. The monoisotopic (exact) mass is 260 g/mol. The van der Waals surface area contributed by atoms with Crippen LogP contribution in [0.25, 0.3) is 0 Å². The Bertz CT molecular complexity index is 454. The zero-order chi connectivity index (χ0) is 13.5. The SMILES string of the molecule is CCN(CCCCC#N)Cc1ccc2c(c1)OCO2. The van der Waals surface area contributed by atoms with Crippen molar-refractivity contribution in [3.8, 4) is 17.6 Å².